The lowest BCUT2D eigenvalue weighted by Gasteiger charge is -2.11. The van der Waals surface area contributed by atoms with Crippen LogP contribution in [0.5, 0.6) is 0 Å². The SMILES string of the molecule is C=C(C)c1ccc(NS(=O)(=O)c2ccc(NC(C)=O)cc2)cc1Cl. The fraction of sp³-hybridized carbons (Fsp3) is 0.118. The summed E-state index contributed by atoms with van der Waals surface area (Å²) in [5, 5.41) is 3.00. The Morgan fingerprint density at radius 2 is 1.62 bits per heavy atom. The zero-order valence-corrected chi connectivity index (χ0v) is 14.8. The van der Waals surface area contributed by atoms with Crippen molar-refractivity contribution in [3.63, 3.8) is 0 Å². The molecule has 0 spiro atoms. The lowest BCUT2D eigenvalue weighted by Crippen LogP contribution is -2.13. The molecule has 0 saturated heterocycles. The van der Waals surface area contributed by atoms with E-state index in [-0.39, 0.29) is 10.8 Å². The second-order valence-corrected chi connectivity index (χ2v) is 7.38. The third-order valence-electron chi connectivity index (χ3n) is 3.17. The molecule has 0 heterocycles. The maximum atomic E-state index is 12.4. The molecule has 24 heavy (non-hydrogen) atoms. The Balaban J connectivity index is 2.23. The van der Waals surface area contributed by atoms with E-state index in [9.17, 15) is 13.2 Å². The first-order chi connectivity index (χ1) is 11.2. The van der Waals surface area contributed by atoms with Crippen molar-refractivity contribution in [3.05, 3.63) is 59.6 Å². The van der Waals surface area contributed by atoms with Gasteiger partial charge >= 0.3 is 0 Å². The Labute approximate surface area is 146 Å². The van der Waals surface area contributed by atoms with Gasteiger partial charge in [-0.25, -0.2) is 8.42 Å². The van der Waals surface area contributed by atoms with Crippen LogP contribution >= 0.6 is 11.6 Å². The number of hydrogen-bond acceptors (Lipinski definition) is 3. The zero-order chi connectivity index (χ0) is 17.9. The standard InChI is InChI=1S/C17H17ClN2O3S/c1-11(2)16-9-6-14(10-17(16)18)20-24(22,23)15-7-4-13(5-8-15)19-12(3)21/h4-10,20H,1H2,2-3H3,(H,19,21). The first kappa shape index (κ1) is 18.0. The summed E-state index contributed by atoms with van der Waals surface area (Å²) >= 11 is 6.13. The molecule has 0 unspecified atom stereocenters. The van der Waals surface area contributed by atoms with Crippen LogP contribution in [0.4, 0.5) is 11.4 Å². The quantitative estimate of drug-likeness (QED) is 0.837. The minimum absolute atomic E-state index is 0.0803. The molecule has 0 saturated carbocycles. The van der Waals surface area contributed by atoms with Crippen LogP contribution in [0.3, 0.4) is 0 Å². The largest absolute Gasteiger partial charge is 0.326 e. The monoisotopic (exact) mass is 364 g/mol. The average Bonchev–Trinajstić information content (AvgIpc) is 2.46. The summed E-state index contributed by atoms with van der Waals surface area (Å²) in [7, 11) is -3.75. The van der Waals surface area contributed by atoms with Crippen molar-refractivity contribution >= 4 is 44.5 Å². The van der Waals surface area contributed by atoms with Crippen molar-refractivity contribution in [2.24, 2.45) is 0 Å². The van der Waals surface area contributed by atoms with E-state index in [0.29, 0.717) is 16.4 Å². The van der Waals surface area contributed by atoms with Crippen LogP contribution in [0.15, 0.2) is 53.9 Å². The molecular weight excluding hydrogens is 348 g/mol. The molecule has 126 valence electrons. The van der Waals surface area contributed by atoms with Crippen molar-refractivity contribution < 1.29 is 13.2 Å². The molecule has 0 aliphatic rings. The number of carbonyl (C=O) groups is 1. The molecule has 0 atom stereocenters. The van der Waals surface area contributed by atoms with Crippen LogP contribution in [-0.2, 0) is 14.8 Å². The van der Waals surface area contributed by atoms with Gasteiger partial charge in [-0.1, -0.05) is 24.2 Å². The Hall–Kier alpha value is -2.31. The number of amides is 1. The molecular formula is C17H17ClN2O3S. The van der Waals surface area contributed by atoms with Crippen molar-refractivity contribution in [1.29, 1.82) is 0 Å². The third kappa shape index (κ3) is 4.37. The molecule has 0 aliphatic carbocycles. The van der Waals surface area contributed by atoms with Gasteiger partial charge in [-0.2, -0.15) is 0 Å². The molecule has 2 N–H and O–H groups in total. The van der Waals surface area contributed by atoms with Gasteiger partial charge in [-0.15, -0.1) is 0 Å². The van der Waals surface area contributed by atoms with Crippen molar-refractivity contribution in [1.82, 2.24) is 0 Å². The minimum atomic E-state index is -3.75. The highest BCUT2D eigenvalue weighted by molar-refractivity contribution is 7.92. The molecule has 0 aliphatic heterocycles. The van der Waals surface area contributed by atoms with Crippen molar-refractivity contribution in [2.45, 2.75) is 18.7 Å². The number of allylic oxidation sites excluding steroid dienone is 1. The maximum Gasteiger partial charge on any atom is 0.261 e. The normalized spacial score (nSPS) is 11.0. The van der Waals surface area contributed by atoms with Crippen LogP contribution in [0.25, 0.3) is 5.57 Å². The fourth-order valence-electron chi connectivity index (χ4n) is 2.06. The summed E-state index contributed by atoms with van der Waals surface area (Å²) < 4.78 is 27.3. The van der Waals surface area contributed by atoms with Gasteiger partial charge in [0, 0.05) is 12.6 Å². The molecule has 0 bridgehead atoms. The van der Waals surface area contributed by atoms with Gasteiger partial charge in [0.2, 0.25) is 5.91 Å². The third-order valence-corrected chi connectivity index (χ3v) is 4.88. The van der Waals surface area contributed by atoms with E-state index < -0.39 is 10.0 Å². The highest BCUT2D eigenvalue weighted by Crippen LogP contribution is 2.27. The topological polar surface area (TPSA) is 75.3 Å². The molecule has 0 fully saturated rings. The number of nitrogens with one attached hydrogen (secondary N) is 2. The number of benzene rings is 2. The van der Waals surface area contributed by atoms with Crippen LogP contribution in [-0.4, -0.2) is 14.3 Å². The second-order valence-electron chi connectivity index (χ2n) is 5.29. The second kappa shape index (κ2) is 7.07. The first-order valence-corrected chi connectivity index (χ1v) is 8.91. The molecule has 2 aromatic carbocycles. The van der Waals surface area contributed by atoms with E-state index in [2.05, 4.69) is 16.6 Å². The summed E-state index contributed by atoms with van der Waals surface area (Å²) in [5.41, 5.74) is 2.44. The highest BCUT2D eigenvalue weighted by Gasteiger charge is 2.15. The Morgan fingerprint density at radius 1 is 1.04 bits per heavy atom. The van der Waals surface area contributed by atoms with Gasteiger partial charge in [0.25, 0.3) is 10.0 Å². The molecule has 0 radical (unpaired) electrons. The smallest absolute Gasteiger partial charge is 0.261 e. The van der Waals surface area contributed by atoms with Crippen molar-refractivity contribution in [3.8, 4) is 0 Å². The molecule has 2 aromatic rings. The molecule has 1 amide bonds. The fourth-order valence-corrected chi connectivity index (χ4v) is 3.45. The van der Waals surface area contributed by atoms with E-state index in [1.165, 1.54) is 37.3 Å². The summed E-state index contributed by atoms with van der Waals surface area (Å²) in [4.78, 5) is 11.1. The van der Waals surface area contributed by atoms with Gasteiger partial charge in [0.1, 0.15) is 0 Å². The summed E-state index contributed by atoms with van der Waals surface area (Å²) in [5.74, 6) is -0.226. The Bertz CT molecular complexity index is 891. The highest BCUT2D eigenvalue weighted by atomic mass is 35.5. The predicted molar refractivity (Wildman–Crippen MR) is 97.7 cm³/mol. The molecule has 5 nitrogen and oxygen atoms in total. The summed E-state index contributed by atoms with van der Waals surface area (Å²) in [6.45, 7) is 7.01. The van der Waals surface area contributed by atoms with Gasteiger partial charge in [-0.05, 0) is 54.5 Å². The van der Waals surface area contributed by atoms with Gasteiger partial charge in [0.05, 0.1) is 15.6 Å². The lowest BCUT2D eigenvalue weighted by atomic mass is 10.1. The number of anilines is 2. The predicted octanol–water partition coefficient (Wildman–Crippen LogP) is 4.13. The van der Waals surface area contributed by atoms with Crippen LogP contribution < -0.4 is 10.0 Å². The molecule has 0 aromatic heterocycles. The number of carbonyl (C=O) groups excluding carboxylic acids is 1. The first-order valence-electron chi connectivity index (χ1n) is 7.05. The van der Waals surface area contributed by atoms with Crippen molar-refractivity contribution in [2.75, 3.05) is 10.0 Å². The van der Waals surface area contributed by atoms with E-state index in [0.717, 1.165) is 11.1 Å². The van der Waals surface area contributed by atoms with E-state index in [4.69, 9.17) is 11.6 Å². The summed E-state index contributed by atoms with van der Waals surface area (Å²) in [6.07, 6.45) is 0. The maximum absolute atomic E-state index is 12.4. The average molecular weight is 365 g/mol. The van der Waals surface area contributed by atoms with Crippen LogP contribution in [0, 0.1) is 0 Å². The number of hydrogen-bond donors (Lipinski definition) is 2. The Morgan fingerprint density at radius 3 is 2.12 bits per heavy atom. The van der Waals surface area contributed by atoms with E-state index >= 15 is 0 Å². The zero-order valence-electron chi connectivity index (χ0n) is 13.3. The van der Waals surface area contributed by atoms with E-state index in [1.54, 1.807) is 12.1 Å². The van der Waals surface area contributed by atoms with Gasteiger partial charge < -0.3 is 5.32 Å². The Kier molecular flexibility index (Phi) is 5.31. The lowest BCUT2D eigenvalue weighted by molar-refractivity contribution is -0.114. The van der Waals surface area contributed by atoms with Crippen LogP contribution in [0.2, 0.25) is 5.02 Å². The number of halogens is 1. The number of sulfonamides is 1. The van der Waals surface area contributed by atoms with E-state index in [1.807, 2.05) is 6.92 Å². The number of rotatable bonds is 5. The van der Waals surface area contributed by atoms with Gasteiger partial charge in [0.15, 0.2) is 0 Å². The van der Waals surface area contributed by atoms with Gasteiger partial charge in [-0.3, -0.25) is 9.52 Å². The summed E-state index contributed by atoms with van der Waals surface area (Å²) in [6, 6.07) is 10.7. The van der Waals surface area contributed by atoms with Crippen LogP contribution in [0.1, 0.15) is 19.4 Å². The molecule has 7 heteroatoms. The molecule has 2 rings (SSSR count). The minimum Gasteiger partial charge on any atom is -0.326 e.